The Balaban J connectivity index is 1.60. The molecule has 0 unspecified atom stereocenters. The number of nitrogens with zero attached hydrogens (tertiary/aromatic N) is 4. The van der Waals surface area contributed by atoms with Crippen LogP contribution in [0.1, 0.15) is 10.4 Å². The standard InChI is InChI=1S/C20H20N4O2S2/c1-13-9-18-21-22-20(24(18)17-10-14(26-3)6-7-16(13)17)28-12-19(25)23(2)11-15-5-4-8-27-15/h4-10H,11-12H2,1-3H3. The molecule has 6 nitrogen and oxygen atoms in total. The summed E-state index contributed by atoms with van der Waals surface area (Å²) in [5.41, 5.74) is 2.86. The highest BCUT2D eigenvalue weighted by Gasteiger charge is 2.16. The normalized spacial score (nSPS) is 11.2. The molecule has 0 bridgehead atoms. The number of aromatic nitrogens is 3. The number of ether oxygens (including phenoxy) is 1. The first-order valence-electron chi connectivity index (χ1n) is 8.78. The van der Waals surface area contributed by atoms with E-state index in [1.54, 1.807) is 23.3 Å². The Morgan fingerprint density at radius 3 is 2.89 bits per heavy atom. The Kier molecular flexibility index (Phi) is 5.23. The number of fused-ring (bicyclic) bond motifs is 3. The summed E-state index contributed by atoms with van der Waals surface area (Å²) in [4.78, 5) is 15.5. The van der Waals surface area contributed by atoms with Gasteiger partial charge in [0.25, 0.3) is 0 Å². The van der Waals surface area contributed by atoms with Crippen molar-refractivity contribution in [1.29, 1.82) is 0 Å². The summed E-state index contributed by atoms with van der Waals surface area (Å²) in [5.74, 6) is 1.14. The highest BCUT2D eigenvalue weighted by atomic mass is 32.2. The maximum Gasteiger partial charge on any atom is 0.233 e. The molecule has 0 saturated heterocycles. The first kappa shape index (κ1) is 18.8. The van der Waals surface area contributed by atoms with Gasteiger partial charge >= 0.3 is 0 Å². The largest absolute Gasteiger partial charge is 0.497 e. The first-order chi connectivity index (χ1) is 13.6. The summed E-state index contributed by atoms with van der Waals surface area (Å²) >= 11 is 3.05. The molecule has 0 radical (unpaired) electrons. The lowest BCUT2D eigenvalue weighted by molar-refractivity contribution is -0.127. The molecule has 1 aromatic carbocycles. The Labute approximate surface area is 171 Å². The van der Waals surface area contributed by atoms with Crippen molar-refractivity contribution in [2.24, 2.45) is 0 Å². The van der Waals surface area contributed by atoms with Gasteiger partial charge in [0.05, 0.1) is 24.9 Å². The lowest BCUT2D eigenvalue weighted by Crippen LogP contribution is -2.27. The molecule has 0 aliphatic carbocycles. The molecule has 0 spiro atoms. The minimum atomic E-state index is 0.0594. The van der Waals surface area contributed by atoms with E-state index in [-0.39, 0.29) is 5.91 Å². The summed E-state index contributed by atoms with van der Waals surface area (Å²) in [6.45, 7) is 2.68. The second kappa shape index (κ2) is 7.81. The van der Waals surface area contributed by atoms with Crippen LogP contribution in [0.25, 0.3) is 16.6 Å². The van der Waals surface area contributed by atoms with Crippen LogP contribution in [-0.2, 0) is 11.3 Å². The molecule has 4 aromatic rings. The van der Waals surface area contributed by atoms with E-state index >= 15 is 0 Å². The molecule has 0 atom stereocenters. The number of methoxy groups -OCH3 is 1. The van der Waals surface area contributed by atoms with E-state index < -0.39 is 0 Å². The van der Waals surface area contributed by atoms with Crippen LogP contribution < -0.4 is 4.74 Å². The van der Waals surface area contributed by atoms with E-state index in [1.807, 2.05) is 53.2 Å². The van der Waals surface area contributed by atoms with E-state index in [0.717, 1.165) is 27.9 Å². The van der Waals surface area contributed by atoms with Crippen LogP contribution in [0.4, 0.5) is 0 Å². The van der Waals surface area contributed by atoms with Gasteiger partial charge in [-0.3, -0.25) is 9.20 Å². The average Bonchev–Trinajstić information content (AvgIpc) is 3.35. The zero-order valence-electron chi connectivity index (χ0n) is 15.9. The van der Waals surface area contributed by atoms with Crippen molar-refractivity contribution in [3.63, 3.8) is 0 Å². The highest BCUT2D eigenvalue weighted by molar-refractivity contribution is 7.99. The molecule has 0 aliphatic heterocycles. The van der Waals surface area contributed by atoms with Gasteiger partial charge < -0.3 is 9.64 Å². The van der Waals surface area contributed by atoms with Gasteiger partial charge in [-0.05, 0) is 42.1 Å². The van der Waals surface area contributed by atoms with E-state index in [9.17, 15) is 4.79 Å². The second-order valence-electron chi connectivity index (χ2n) is 6.50. The fraction of sp³-hybridized carbons (Fsp3) is 0.250. The molecule has 28 heavy (non-hydrogen) atoms. The van der Waals surface area contributed by atoms with Gasteiger partial charge in [-0.2, -0.15) is 0 Å². The van der Waals surface area contributed by atoms with Crippen LogP contribution in [0.5, 0.6) is 5.75 Å². The topological polar surface area (TPSA) is 59.7 Å². The third-order valence-electron chi connectivity index (χ3n) is 4.60. The fourth-order valence-corrected chi connectivity index (χ4v) is 4.73. The van der Waals surface area contributed by atoms with Gasteiger partial charge in [0.2, 0.25) is 5.91 Å². The monoisotopic (exact) mass is 412 g/mol. The van der Waals surface area contributed by atoms with Gasteiger partial charge in [0.15, 0.2) is 10.8 Å². The summed E-state index contributed by atoms with van der Waals surface area (Å²) in [7, 11) is 3.48. The van der Waals surface area contributed by atoms with Gasteiger partial charge in [-0.25, -0.2) is 0 Å². The number of thiophene rings is 1. The summed E-state index contributed by atoms with van der Waals surface area (Å²) in [6, 6.07) is 12.0. The zero-order chi connectivity index (χ0) is 19.7. The number of rotatable bonds is 6. The zero-order valence-corrected chi connectivity index (χ0v) is 17.5. The number of hydrogen-bond acceptors (Lipinski definition) is 6. The summed E-state index contributed by atoms with van der Waals surface area (Å²) in [5, 5.41) is 12.4. The predicted octanol–water partition coefficient (Wildman–Crippen LogP) is 4.01. The molecule has 0 N–H and O–H groups in total. The van der Waals surface area contributed by atoms with Crippen molar-refractivity contribution in [3.05, 3.63) is 52.2 Å². The number of carbonyl (C=O) groups is 1. The Morgan fingerprint density at radius 1 is 1.29 bits per heavy atom. The molecule has 144 valence electrons. The van der Waals surface area contributed by atoms with Crippen molar-refractivity contribution in [3.8, 4) is 5.75 Å². The van der Waals surface area contributed by atoms with Gasteiger partial charge in [-0.15, -0.1) is 21.5 Å². The maximum atomic E-state index is 12.6. The van der Waals surface area contributed by atoms with Gasteiger partial charge in [0.1, 0.15) is 5.75 Å². The number of amides is 1. The minimum Gasteiger partial charge on any atom is -0.497 e. The van der Waals surface area contributed by atoms with Crippen LogP contribution >= 0.6 is 23.1 Å². The van der Waals surface area contributed by atoms with E-state index in [4.69, 9.17) is 4.74 Å². The predicted molar refractivity (Wildman–Crippen MR) is 113 cm³/mol. The van der Waals surface area contributed by atoms with Crippen LogP contribution in [0, 0.1) is 6.92 Å². The third kappa shape index (κ3) is 3.57. The van der Waals surface area contributed by atoms with Gasteiger partial charge in [0, 0.05) is 23.4 Å². The van der Waals surface area contributed by atoms with Crippen molar-refractivity contribution >= 4 is 45.6 Å². The van der Waals surface area contributed by atoms with Crippen LogP contribution in [0.15, 0.2) is 46.9 Å². The van der Waals surface area contributed by atoms with Crippen LogP contribution in [0.2, 0.25) is 0 Å². The Morgan fingerprint density at radius 2 is 2.14 bits per heavy atom. The molecule has 0 fully saturated rings. The lowest BCUT2D eigenvalue weighted by Gasteiger charge is -2.15. The SMILES string of the molecule is COc1ccc2c(C)cc3nnc(SCC(=O)N(C)Cc4cccs4)n3c2c1. The molecule has 3 heterocycles. The molecule has 3 aromatic heterocycles. The molecule has 4 rings (SSSR count). The molecular formula is C20H20N4O2S2. The Bertz CT molecular complexity index is 1140. The van der Waals surface area contributed by atoms with Gasteiger partial charge in [-0.1, -0.05) is 17.8 Å². The number of pyridine rings is 1. The number of benzene rings is 1. The number of carbonyl (C=O) groups excluding carboxylic acids is 1. The van der Waals surface area contributed by atoms with Crippen molar-refractivity contribution in [1.82, 2.24) is 19.5 Å². The molecular weight excluding hydrogens is 392 g/mol. The van der Waals surface area contributed by atoms with Crippen LogP contribution in [-0.4, -0.2) is 45.3 Å². The number of thioether (sulfide) groups is 1. The van der Waals surface area contributed by atoms with E-state index in [2.05, 4.69) is 17.1 Å². The average molecular weight is 413 g/mol. The lowest BCUT2D eigenvalue weighted by atomic mass is 10.1. The molecule has 8 heteroatoms. The smallest absolute Gasteiger partial charge is 0.233 e. The number of hydrogen-bond donors (Lipinski definition) is 0. The quantitative estimate of drug-likeness (QED) is 0.448. The van der Waals surface area contributed by atoms with E-state index in [1.165, 1.54) is 16.6 Å². The second-order valence-corrected chi connectivity index (χ2v) is 8.48. The minimum absolute atomic E-state index is 0.0594. The number of aryl methyl sites for hydroxylation is 1. The summed E-state index contributed by atoms with van der Waals surface area (Å²) < 4.78 is 7.37. The first-order valence-corrected chi connectivity index (χ1v) is 10.6. The molecule has 1 amide bonds. The van der Waals surface area contributed by atoms with E-state index in [0.29, 0.717) is 17.5 Å². The molecule has 0 aliphatic rings. The summed E-state index contributed by atoms with van der Waals surface area (Å²) in [6.07, 6.45) is 0. The Hall–Kier alpha value is -2.58. The maximum absolute atomic E-state index is 12.6. The van der Waals surface area contributed by atoms with Crippen molar-refractivity contribution in [2.75, 3.05) is 19.9 Å². The molecule has 0 saturated carbocycles. The highest BCUT2D eigenvalue weighted by Crippen LogP contribution is 2.28. The van der Waals surface area contributed by atoms with Crippen LogP contribution in [0.3, 0.4) is 0 Å². The third-order valence-corrected chi connectivity index (χ3v) is 6.37. The van der Waals surface area contributed by atoms with Crippen molar-refractivity contribution in [2.45, 2.75) is 18.6 Å². The fourth-order valence-electron chi connectivity index (χ4n) is 3.08. The van der Waals surface area contributed by atoms with Crippen molar-refractivity contribution < 1.29 is 9.53 Å².